The average Bonchev–Trinajstić information content (AvgIpc) is 3.08. The summed E-state index contributed by atoms with van der Waals surface area (Å²) in [6.07, 6.45) is 7.60. The zero-order valence-corrected chi connectivity index (χ0v) is 23.6. The number of benzene rings is 3. The van der Waals surface area contributed by atoms with E-state index in [0.29, 0.717) is 0 Å². The molecule has 0 aliphatic heterocycles. The summed E-state index contributed by atoms with van der Waals surface area (Å²) in [5.74, 6) is 0. The van der Waals surface area contributed by atoms with E-state index in [0.717, 1.165) is 77.7 Å². The molecule has 5 nitrogen and oxygen atoms in total. The molecule has 0 N–H and O–H groups in total. The van der Waals surface area contributed by atoms with Gasteiger partial charge in [0.2, 0.25) is 0 Å². The molecule has 4 heterocycles. The summed E-state index contributed by atoms with van der Waals surface area (Å²) in [5, 5.41) is 3.18. The molecule has 0 saturated carbocycles. The molecule has 7 rings (SSSR count). The predicted octanol–water partition coefficient (Wildman–Crippen LogP) is 9.34. The molecule has 0 radical (unpaired) electrons. The first-order chi connectivity index (χ1) is 21.2. The molecule has 0 fully saturated rings. The minimum Gasteiger partial charge on any atom is -0.272 e. The Kier molecular flexibility index (Phi) is 6.82. The SMILES string of the molecule is C=N/C=C\C(=C/C)c1c2ccccc2nc2c1ccc1ccc(-c3ccc(-c4cccc(-c5ccccn5)n4)cc3)nc12. The molecule has 4 aromatic heterocycles. The molecule has 5 heteroatoms. The largest absolute Gasteiger partial charge is 0.272 e. The smallest absolute Gasteiger partial charge is 0.0978 e. The van der Waals surface area contributed by atoms with Crippen LogP contribution < -0.4 is 0 Å². The summed E-state index contributed by atoms with van der Waals surface area (Å²) in [7, 11) is 0. The second-order valence-corrected chi connectivity index (χ2v) is 10.2. The summed E-state index contributed by atoms with van der Waals surface area (Å²) in [5.41, 5.74) is 10.4. The van der Waals surface area contributed by atoms with Gasteiger partial charge >= 0.3 is 0 Å². The maximum Gasteiger partial charge on any atom is 0.0978 e. The van der Waals surface area contributed by atoms with Crippen molar-refractivity contribution in [3.05, 3.63) is 139 Å². The number of pyridine rings is 4. The minimum atomic E-state index is 0.849. The molecule has 0 saturated heterocycles. The van der Waals surface area contributed by atoms with Gasteiger partial charge in [0, 0.05) is 45.2 Å². The van der Waals surface area contributed by atoms with Gasteiger partial charge < -0.3 is 0 Å². The quantitative estimate of drug-likeness (QED) is 0.0891. The normalized spacial score (nSPS) is 12.0. The fourth-order valence-electron chi connectivity index (χ4n) is 5.53. The molecule has 204 valence electrons. The highest BCUT2D eigenvalue weighted by atomic mass is 14.8. The van der Waals surface area contributed by atoms with Gasteiger partial charge in [-0.1, -0.05) is 78.9 Å². The van der Waals surface area contributed by atoms with Crippen LogP contribution in [0, 0.1) is 0 Å². The van der Waals surface area contributed by atoms with Gasteiger partial charge in [-0.3, -0.25) is 9.98 Å². The zero-order chi connectivity index (χ0) is 29.2. The summed E-state index contributed by atoms with van der Waals surface area (Å²) in [4.78, 5) is 23.5. The van der Waals surface area contributed by atoms with Gasteiger partial charge in [-0.2, -0.15) is 0 Å². The molecule has 0 spiro atoms. The van der Waals surface area contributed by atoms with Gasteiger partial charge in [0.05, 0.1) is 39.3 Å². The fraction of sp³-hybridized carbons (Fsp3) is 0.0263. The van der Waals surface area contributed by atoms with Crippen LogP contribution in [0.4, 0.5) is 0 Å². The molecular formula is C38H27N5. The van der Waals surface area contributed by atoms with Crippen LogP contribution in [0.25, 0.3) is 72.2 Å². The first-order valence-electron chi connectivity index (χ1n) is 14.1. The fourth-order valence-corrected chi connectivity index (χ4v) is 5.53. The third-order valence-electron chi connectivity index (χ3n) is 7.62. The number of para-hydroxylation sites is 1. The zero-order valence-electron chi connectivity index (χ0n) is 23.6. The van der Waals surface area contributed by atoms with Crippen LogP contribution in [0.2, 0.25) is 0 Å². The Morgan fingerprint density at radius 1 is 0.628 bits per heavy atom. The van der Waals surface area contributed by atoms with Gasteiger partial charge in [-0.25, -0.2) is 15.0 Å². The van der Waals surface area contributed by atoms with E-state index in [9.17, 15) is 0 Å². The van der Waals surface area contributed by atoms with Crippen molar-refractivity contribution < 1.29 is 0 Å². The Bertz CT molecular complexity index is 2200. The Morgan fingerprint density at radius 3 is 2.12 bits per heavy atom. The predicted molar refractivity (Wildman–Crippen MR) is 179 cm³/mol. The van der Waals surface area contributed by atoms with E-state index in [1.807, 2.05) is 61.5 Å². The van der Waals surface area contributed by atoms with E-state index >= 15 is 0 Å². The molecule has 0 bridgehead atoms. The van der Waals surface area contributed by atoms with Crippen molar-refractivity contribution in [2.24, 2.45) is 4.99 Å². The maximum atomic E-state index is 5.17. The molecule has 7 aromatic rings. The summed E-state index contributed by atoms with van der Waals surface area (Å²) in [6.45, 7) is 5.65. The van der Waals surface area contributed by atoms with Crippen LogP contribution in [0.15, 0.2) is 139 Å². The lowest BCUT2D eigenvalue weighted by atomic mass is 9.94. The highest BCUT2D eigenvalue weighted by Crippen LogP contribution is 2.36. The van der Waals surface area contributed by atoms with Crippen LogP contribution in [0.1, 0.15) is 12.5 Å². The number of hydrogen-bond acceptors (Lipinski definition) is 5. The Hall–Kier alpha value is -5.81. The highest BCUT2D eigenvalue weighted by Gasteiger charge is 2.15. The second kappa shape index (κ2) is 11.2. The van der Waals surface area contributed by atoms with E-state index in [4.69, 9.17) is 15.0 Å². The topological polar surface area (TPSA) is 63.9 Å². The Labute approximate surface area is 249 Å². The number of rotatable bonds is 6. The van der Waals surface area contributed by atoms with Crippen LogP contribution >= 0.6 is 0 Å². The van der Waals surface area contributed by atoms with Crippen molar-refractivity contribution in [2.75, 3.05) is 0 Å². The first-order valence-corrected chi connectivity index (χ1v) is 14.1. The molecule has 0 atom stereocenters. The van der Waals surface area contributed by atoms with E-state index in [-0.39, 0.29) is 0 Å². The lowest BCUT2D eigenvalue weighted by Crippen LogP contribution is -1.95. The molecule has 0 amide bonds. The number of aliphatic imine (C=N–C) groups is 1. The third kappa shape index (κ3) is 4.87. The van der Waals surface area contributed by atoms with E-state index in [2.05, 4.69) is 83.4 Å². The van der Waals surface area contributed by atoms with Crippen LogP contribution in [0.3, 0.4) is 0 Å². The van der Waals surface area contributed by atoms with E-state index in [1.54, 1.807) is 12.4 Å². The van der Waals surface area contributed by atoms with Crippen molar-refractivity contribution in [3.63, 3.8) is 0 Å². The number of allylic oxidation sites excluding steroid dienone is 3. The van der Waals surface area contributed by atoms with Crippen LogP contribution in [0.5, 0.6) is 0 Å². The van der Waals surface area contributed by atoms with Gasteiger partial charge in [-0.15, -0.1) is 0 Å². The first kappa shape index (κ1) is 26.1. The van der Waals surface area contributed by atoms with Crippen molar-refractivity contribution >= 4 is 45.0 Å². The van der Waals surface area contributed by atoms with Crippen molar-refractivity contribution in [1.82, 2.24) is 19.9 Å². The second-order valence-electron chi connectivity index (χ2n) is 10.2. The molecule has 3 aromatic carbocycles. The number of aromatic nitrogens is 4. The van der Waals surface area contributed by atoms with Gasteiger partial charge in [0.15, 0.2) is 0 Å². The van der Waals surface area contributed by atoms with Gasteiger partial charge in [0.1, 0.15) is 0 Å². The Morgan fingerprint density at radius 2 is 1.35 bits per heavy atom. The summed E-state index contributed by atoms with van der Waals surface area (Å²) >= 11 is 0. The highest BCUT2D eigenvalue weighted by molar-refractivity contribution is 6.14. The molecular weight excluding hydrogens is 526 g/mol. The van der Waals surface area contributed by atoms with Crippen LogP contribution in [-0.4, -0.2) is 26.7 Å². The molecule has 0 aliphatic carbocycles. The molecule has 0 aliphatic rings. The van der Waals surface area contributed by atoms with E-state index < -0.39 is 0 Å². The third-order valence-corrected chi connectivity index (χ3v) is 7.62. The maximum absolute atomic E-state index is 5.17. The van der Waals surface area contributed by atoms with Gasteiger partial charge in [-0.05, 0) is 61.7 Å². The standard InChI is InChI=1S/C38H27N5/c1-3-25(22-24-39-2)36-29-9-4-5-10-33(29)43-38-30(36)20-18-28-19-21-32(42-37(28)38)27-16-14-26(15-17-27)31-12-8-13-35(41-31)34-11-6-7-23-40-34/h3-24H,2H2,1H3/b24-22-,25-3+. The van der Waals surface area contributed by atoms with Crippen molar-refractivity contribution in [2.45, 2.75) is 6.92 Å². The average molecular weight is 554 g/mol. The van der Waals surface area contributed by atoms with Gasteiger partial charge in [0.25, 0.3) is 0 Å². The number of hydrogen-bond donors (Lipinski definition) is 0. The summed E-state index contributed by atoms with van der Waals surface area (Å²) < 4.78 is 0. The minimum absolute atomic E-state index is 0.849. The lowest BCUT2D eigenvalue weighted by molar-refractivity contribution is 1.25. The van der Waals surface area contributed by atoms with E-state index in [1.165, 1.54) is 0 Å². The molecule has 0 unspecified atom stereocenters. The number of nitrogens with zero attached hydrogens (tertiary/aromatic N) is 5. The number of fused-ring (bicyclic) bond motifs is 4. The van der Waals surface area contributed by atoms with Crippen LogP contribution in [-0.2, 0) is 0 Å². The van der Waals surface area contributed by atoms with Crippen molar-refractivity contribution in [3.8, 4) is 33.9 Å². The molecule has 43 heavy (non-hydrogen) atoms. The van der Waals surface area contributed by atoms with Crippen molar-refractivity contribution in [1.29, 1.82) is 0 Å². The monoisotopic (exact) mass is 553 g/mol. The Balaban J connectivity index is 1.33. The lowest BCUT2D eigenvalue weighted by Gasteiger charge is -2.14. The summed E-state index contributed by atoms with van der Waals surface area (Å²) in [6, 6.07) is 37.0.